The number of fused-ring (bicyclic) bond motifs is 1. The smallest absolute Gasteiger partial charge is 0.339 e. The molecule has 2 saturated heterocycles. The molecule has 0 unspecified atom stereocenters. The first-order valence-electron chi connectivity index (χ1n) is 8.38. The van der Waals surface area contributed by atoms with E-state index in [4.69, 9.17) is 4.98 Å². The first-order valence-corrected chi connectivity index (χ1v) is 8.38. The van der Waals surface area contributed by atoms with Crippen molar-refractivity contribution >= 4 is 11.8 Å². The molecule has 4 rings (SSSR count). The summed E-state index contributed by atoms with van der Waals surface area (Å²) in [5, 5.41) is 9.57. The van der Waals surface area contributed by atoms with Gasteiger partial charge in [0.25, 0.3) is 0 Å². The lowest BCUT2D eigenvalue weighted by Crippen LogP contribution is -2.33. The van der Waals surface area contributed by atoms with Gasteiger partial charge >= 0.3 is 5.97 Å². The zero-order valence-corrected chi connectivity index (χ0v) is 13.7. The minimum atomic E-state index is -0.914. The van der Waals surface area contributed by atoms with Crippen LogP contribution in [0.15, 0.2) is 42.5 Å². The number of nitrogens with zero attached hydrogens (tertiary/aromatic N) is 3. The zero-order valence-electron chi connectivity index (χ0n) is 13.7. The van der Waals surface area contributed by atoms with E-state index in [0.29, 0.717) is 17.8 Å². The van der Waals surface area contributed by atoms with E-state index in [-0.39, 0.29) is 5.56 Å². The molecule has 0 radical (unpaired) electrons. The molecule has 1 N–H and O–H groups in total. The van der Waals surface area contributed by atoms with Crippen LogP contribution in [0.2, 0.25) is 0 Å². The summed E-state index contributed by atoms with van der Waals surface area (Å²) in [4.78, 5) is 20.9. The molecule has 2 aliphatic heterocycles. The number of carboxylic acids is 1. The van der Waals surface area contributed by atoms with Crippen LogP contribution in [0.25, 0.3) is 11.3 Å². The van der Waals surface area contributed by atoms with Crippen LogP contribution < -0.4 is 4.90 Å². The maximum absolute atomic E-state index is 11.7. The average molecular weight is 323 g/mol. The van der Waals surface area contributed by atoms with Gasteiger partial charge in [0.05, 0.1) is 5.69 Å². The number of pyridine rings is 1. The lowest BCUT2D eigenvalue weighted by Gasteiger charge is -2.23. The molecule has 2 aliphatic rings. The topological polar surface area (TPSA) is 56.7 Å². The first-order chi connectivity index (χ1) is 11.6. The highest BCUT2D eigenvalue weighted by Gasteiger charge is 2.40. The normalized spacial score (nSPS) is 23.5. The number of benzene rings is 1. The number of aromatic carboxylic acids is 1. The monoisotopic (exact) mass is 323 g/mol. The van der Waals surface area contributed by atoms with Gasteiger partial charge < -0.3 is 14.9 Å². The molecular formula is C19H21N3O2. The number of likely N-dealkylation sites (tertiary alicyclic amines) is 1. The number of hydrogen-bond acceptors (Lipinski definition) is 4. The predicted molar refractivity (Wildman–Crippen MR) is 93.4 cm³/mol. The highest BCUT2D eigenvalue weighted by atomic mass is 16.4. The Bertz CT molecular complexity index is 762. The van der Waals surface area contributed by atoms with Crippen molar-refractivity contribution in [1.29, 1.82) is 0 Å². The number of carboxylic acid groups (broad SMARTS) is 1. The van der Waals surface area contributed by atoms with Crippen LogP contribution in [0, 0.1) is 5.92 Å². The van der Waals surface area contributed by atoms with E-state index in [1.165, 1.54) is 6.42 Å². The van der Waals surface area contributed by atoms with Crippen molar-refractivity contribution in [3.05, 3.63) is 48.0 Å². The van der Waals surface area contributed by atoms with Crippen LogP contribution in [0.5, 0.6) is 0 Å². The van der Waals surface area contributed by atoms with Crippen LogP contribution in [0.4, 0.5) is 5.82 Å². The van der Waals surface area contributed by atoms with Crippen LogP contribution in [-0.4, -0.2) is 53.7 Å². The van der Waals surface area contributed by atoms with Crippen molar-refractivity contribution in [2.75, 3.05) is 31.6 Å². The van der Waals surface area contributed by atoms with E-state index in [1.54, 1.807) is 12.1 Å². The van der Waals surface area contributed by atoms with Crippen molar-refractivity contribution in [2.45, 2.75) is 12.5 Å². The molecule has 24 heavy (non-hydrogen) atoms. The Kier molecular flexibility index (Phi) is 3.73. The number of likely N-dealkylation sites (N-methyl/N-ethyl adjacent to an activating group) is 1. The molecule has 2 atom stereocenters. The van der Waals surface area contributed by atoms with E-state index >= 15 is 0 Å². The zero-order chi connectivity index (χ0) is 16.7. The number of hydrogen-bond donors (Lipinski definition) is 1. The number of rotatable bonds is 3. The van der Waals surface area contributed by atoms with Gasteiger partial charge in [0.2, 0.25) is 0 Å². The summed E-state index contributed by atoms with van der Waals surface area (Å²) in [5.74, 6) is 0.299. The fraction of sp³-hybridized carbons (Fsp3) is 0.368. The standard InChI is InChI=1S/C19H21N3O2/c1-21-10-9-14-11-22(12-17(14)21)18-15(19(23)24)7-8-16(20-18)13-5-3-2-4-6-13/h2-8,14,17H,9-12H2,1H3,(H,23,24)/t14-,17+/m1/s1. The lowest BCUT2D eigenvalue weighted by atomic mass is 10.1. The third kappa shape index (κ3) is 2.55. The Morgan fingerprint density at radius 1 is 1.17 bits per heavy atom. The summed E-state index contributed by atoms with van der Waals surface area (Å²) >= 11 is 0. The molecule has 0 spiro atoms. The predicted octanol–water partition coefficient (Wildman–Crippen LogP) is 2.59. The van der Waals surface area contributed by atoms with Crippen molar-refractivity contribution in [1.82, 2.24) is 9.88 Å². The van der Waals surface area contributed by atoms with E-state index < -0.39 is 5.97 Å². The third-order valence-electron chi connectivity index (χ3n) is 5.30. The van der Waals surface area contributed by atoms with E-state index in [0.717, 1.165) is 30.9 Å². The second-order valence-electron chi connectivity index (χ2n) is 6.74. The lowest BCUT2D eigenvalue weighted by molar-refractivity contribution is 0.0697. The Morgan fingerprint density at radius 2 is 1.96 bits per heavy atom. The van der Waals surface area contributed by atoms with E-state index in [2.05, 4.69) is 16.8 Å². The summed E-state index contributed by atoms with van der Waals surface area (Å²) in [7, 11) is 2.15. The molecular weight excluding hydrogens is 302 g/mol. The number of aromatic nitrogens is 1. The Labute approximate surface area is 141 Å². The molecule has 5 nitrogen and oxygen atoms in total. The van der Waals surface area contributed by atoms with Crippen molar-refractivity contribution in [3.63, 3.8) is 0 Å². The molecule has 2 aromatic rings. The maximum Gasteiger partial charge on any atom is 0.339 e. The van der Waals surface area contributed by atoms with Gasteiger partial charge in [-0.15, -0.1) is 0 Å². The van der Waals surface area contributed by atoms with Crippen LogP contribution in [-0.2, 0) is 0 Å². The van der Waals surface area contributed by atoms with Gasteiger partial charge in [0.1, 0.15) is 11.4 Å². The van der Waals surface area contributed by atoms with Crippen LogP contribution >= 0.6 is 0 Å². The van der Waals surface area contributed by atoms with Gasteiger partial charge in [-0.05, 0) is 38.1 Å². The average Bonchev–Trinajstić information content (AvgIpc) is 3.17. The summed E-state index contributed by atoms with van der Waals surface area (Å²) in [6, 6.07) is 13.9. The fourth-order valence-corrected chi connectivity index (χ4v) is 3.97. The van der Waals surface area contributed by atoms with Gasteiger partial charge in [-0.1, -0.05) is 30.3 Å². The van der Waals surface area contributed by atoms with Gasteiger partial charge in [-0.25, -0.2) is 9.78 Å². The molecule has 1 aromatic carbocycles. The highest BCUT2D eigenvalue weighted by molar-refractivity contribution is 5.94. The van der Waals surface area contributed by atoms with Gasteiger partial charge in [-0.2, -0.15) is 0 Å². The van der Waals surface area contributed by atoms with Gasteiger partial charge in [0, 0.05) is 24.7 Å². The Balaban J connectivity index is 1.72. The van der Waals surface area contributed by atoms with Crippen molar-refractivity contribution in [2.24, 2.45) is 5.92 Å². The third-order valence-corrected chi connectivity index (χ3v) is 5.30. The van der Waals surface area contributed by atoms with Gasteiger partial charge in [-0.3, -0.25) is 0 Å². The quantitative estimate of drug-likeness (QED) is 0.941. The molecule has 124 valence electrons. The van der Waals surface area contributed by atoms with Crippen molar-refractivity contribution in [3.8, 4) is 11.3 Å². The molecule has 2 fully saturated rings. The molecule has 0 aliphatic carbocycles. The molecule has 1 aromatic heterocycles. The summed E-state index contributed by atoms with van der Waals surface area (Å²) in [5.41, 5.74) is 2.12. The molecule has 3 heterocycles. The molecule has 5 heteroatoms. The second kappa shape index (κ2) is 5.91. The van der Waals surface area contributed by atoms with Crippen LogP contribution in [0.3, 0.4) is 0 Å². The number of carbonyl (C=O) groups is 1. The van der Waals surface area contributed by atoms with E-state index in [9.17, 15) is 9.90 Å². The summed E-state index contributed by atoms with van der Waals surface area (Å²) < 4.78 is 0. The first kappa shape index (κ1) is 15.1. The SMILES string of the molecule is CN1CC[C@@H]2CN(c3nc(-c4ccccc4)ccc3C(=O)O)C[C@@H]21. The summed E-state index contributed by atoms with van der Waals surface area (Å²) in [6.45, 7) is 2.87. The fourth-order valence-electron chi connectivity index (χ4n) is 3.97. The molecule has 0 saturated carbocycles. The molecule has 0 amide bonds. The van der Waals surface area contributed by atoms with Gasteiger partial charge in [0.15, 0.2) is 0 Å². The Morgan fingerprint density at radius 3 is 2.67 bits per heavy atom. The minimum Gasteiger partial charge on any atom is -0.478 e. The number of anilines is 1. The Hall–Kier alpha value is -2.40. The largest absolute Gasteiger partial charge is 0.478 e. The minimum absolute atomic E-state index is 0.289. The van der Waals surface area contributed by atoms with Crippen molar-refractivity contribution < 1.29 is 9.90 Å². The summed E-state index contributed by atoms with van der Waals surface area (Å²) in [6.07, 6.45) is 1.18. The van der Waals surface area contributed by atoms with Crippen LogP contribution in [0.1, 0.15) is 16.8 Å². The van der Waals surface area contributed by atoms with E-state index in [1.807, 2.05) is 30.3 Å². The highest BCUT2D eigenvalue weighted by Crippen LogP contribution is 2.34. The maximum atomic E-state index is 11.7. The second-order valence-corrected chi connectivity index (χ2v) is 6.74. The molecule has 0 bridgehead atoms.